The Balaban J connectivity index is 1.63. The van der Waals surface area contributed by atoms with Gasteiger partial charge in [-0.1, -0.05) is 0 Å². The van der Waals surface area contributed by atoms with Gasteiger partial charge < -0.3 is 25.4 Å². The number of carbonyl (C=O) groups excluding carboxylic acids is 2. The first-order valence-corrected chi connectivity index (χ1v) is 8.22. The number of nitrogens with one attached hydrogen (secondary N) is 3. The summed E-state index contributed by atoms with van der Waals surface area (Å²) in [6, 6.07) is 14.2. The zero-order valence-electron chi connectivity index (χ0n) is 14.9. The normalized spacial score (nSPS) is 10.1. The van der Waals surface area contributed by atoms with Gasteiger partial charge in [0, 0.05) is 24.8 Å². The summed E-state index contributed by atoms with van der Waals surface area (Å²) in [6.45, 7) is 2.62. The molecule has 138 valence electrons. The first kappa shape index (κ1) is 19.3. The van der Waals surface area contributed by atoms with Crippen LogP contribution in [0.1, 0.15) is 6.92 Å². The van der Waals surface area contributed by atoms with E-state index in [0.717, 1.165) is 11.5 Å². The number of anilines is 2. The Morgan fingerprint density at radius 2 is 1.46 bits per heavy atom. The summed E-state index contributed by atoms with van der Waals surface area (Å²) < 4.78 is 10.6. The molecule has 0 aliphatic heterocycles. The van der Waals surface area contributed by atoms with Crippen LogP contribution in [0.4, 0.5) is 11.4 Å². The van der Waals surface area contributed by atoms with Crippen LogP contribution in [0.15, 0.2) is 48.5 Å². The minimum Gasteiger partial charge on any atom is -0.497 e. The molecule has 0 aliphatic rings. The van der Waals surface area contributed by atoms with Gasteiger partial charge in [0.2, 0.25) is 11.8 Å². The van der Waals surface area contributed by atoms with Gasteiger partial charge in [0.1, 0.15) is 18.1 Å². The van der Waals surface area contributed by atoms with Crippen molar-refractivity contribution in [1.82, 2.24) is 5.32 Å². The molecule has 2 amide bonds. The van der Waals surface area contributed by atoms with Crippen LogP contribution in [0.2, 0.25) is 0 Å². The number of ether oxygens (including phenoxy) is 2. The maximum atomic E-state index is 11.9. The number of hydrogen-bond acceptors (Lipinski definition) is 5. The molecule has 7 nitrogen and oxygen atoms in total. The van der Waals surface area contributed by atoms with Crippen molar-refractivity contribution in [2.75, 3.05) is 37.4 Å². The molecule has 26 heavy (non-hydrogen) atoms. The lowest BCUT2D eigenvalue weighted by Gasteiger charge is -2.09. The molecule has 0 atom stereocenters. The van der Waals surface area contributed by atoms with Crippen molar-refractivity contribution in [3.05, 3.63) is 48.5 Å². The van der Waals surface area contributed by atoms with Crippen LogP contribution in [0, 0.1) is 0 Å². The van der Waals surface area contributed by atoms with Gasteiger partial charge in [0.05, 0.1) is 13.7 Å². The summed E-state index contributed by atoms with van der Waals surface area (Å²) in [5.74, 6) is 1.23. The van der Waals surface area contributed by atoms with Crippen molar-refractivity contribution in [3.63, 3.8) is 0 Å². The maximum absolute atomic E-state index is 11.9. The van der Waals surface area contributed by atoms with Gasteiger partial charge in [0.15, 0.2) is 0 Å². The first-order chi connectivity index (χ1) is 12.6. The standard InChI is InChI=1S/C19H23N3O4/c1-14(23)21-15-3-5-16(6-4-15)22-19(24)13-20-11-12-26-18-9-7-17(25-2)8-10-18/h3-10,20H,11-13H2,1-2H3,(H,21,23)(H,22,24). The minimum atomic E-state index is -0.151. The third kappa shape index (κ3) is 6.82. The van der Waals surface area contributed by atoms with Gasteiger partial charge in [-0.2, -0.15) is 0 Å². The average Bonchev–Trinajstić information content (AvgIpc) is 2.63. The Morgan fingerprint density at radius 1 is 0.885 bits per heavy atom. The van der Waals surface area contributed by atoms with E-state index in [9.17, 15) is 9.59 Å². The van der Waals surface area contributed by atoms with E-state index in [4.69, 9.17) is 9.47 Å². The Kier molecular flexibility index (Phi) is 7.45. The van der Waals surface area contributed by atoms with Crippen molar-refractivity contribution < 1.29 is 19.1 Å². The average molecular weight is 357 g/mol. The second-order valence-corrected chi connectivity index (χ2v) is 5.51. The Morgan fingerprint density at radius 3 is 2.04 bits per heavy atom. The second kappa shape index (κ2) is 10.0. The Hall–Kier alpha value is -3.06. The minimum absolute atomic E-state index is 0.136. The van der Waals surface area contributed by atoms with E-state index < -0.39 is 0 Å². The lowest BCUT2D eigenvalue weighted by molar-refractivity contribution is -0.115. The molecule has 7 heteroatoms. The van der Waals surface area contributed by atoms with Crippen LogP contribution in [-0.2, 0) is 9.59 Å². The Bertz CT molecular complexity index is 715. The van der Waals surface area contributed by atoms with Crippen molar-refractivity contribution in [2.24, 2.45) is 0 Å². The largest absolute Gasteiger partial charge is 0.497 e. The molecule has 2 aromatic carbocycles. The molecule has 3 N–H and O–H groups in total. The lowest BCUT2D eigenvalue weighted by Crippen LogP contribution is -2.31. The van der Waals surface area contributed by atoms with Gasteiger partial charge in [-0.25, -0.2) is 0 Å². The molecular formula is C19H23N3O4. The zero-order chi connectivity index (χ0) is 18.8. The van der Waals surface area contributed by atoms with Crippen molar-refractivity contribution in [1.29, 1.82) is 0 Å². The number of hydrogen-bond donors (Lipinski definition) is 3. The molecule has 2 aromatic rings. The van der Waals surface area contributed by atoms with Gasteiger partial charge in [0.25, 0.3) is 0 Å². The van der Waals surface area contributed by atoms with Gasteiger partial charge in [-0.3, -0.25) is 9.59 Å². The number of methoxy groups -OCH3 is 1. The smallest absolute Gasteiger partial charge is 0.238 e. The molecule has 0 fully saturated rings. The molecule has 2 rings (SSSR count). The quantitative estimate of drug-likeness (QED) is 0.599. The predicted molar refractivity (Wildman–Crippen MR) is 101 cm³/mol. The van der Waals surface area contributed by atoms with Crippen LogP contribution in [-0.4, -0.2) is 38.6 Å². The fourth-order valence-electron chi connectivity index (χ4n) is 2.16. The summed E-state index contributed by atoms with van der Waals surface area (Å²) in [6.07, 6.45) is 0. The van der Waals surface area contributed by atoms with Crippen LogP contribution in [0.5, 0.6) is 11.5 Å². The molecular weight excluding hydrogens is 334 g/mol. The Labute approximate surface area is 152 Å². The van der Waals surface area contributed by atoms with Crippen LogP contribution >= 0.6 is 0 Å². The highest BCUT2D eigenvalue weighted by Crippen LogP contribution is 2.16. The highest BCUT2D eigenvalue weighted by molar-refractivity contribution is 5.93. The van der Waals surface area contributed by atoms with Crippen molar-refractivity contribution in [3.8, 4) is 11.5 Å². The molecule has 0 spiro atoms. The third-order valence-electron chi connectivity index (χ3n) is 3.38. The van der Waals surface area contributed by atoms with Crippen LogP contribution in [0.3, 0.4) is 0 Å². The van der Waals surface area contributed by atoms with E-state index in [-0.39, 0.29) is 18.4 Å². The molecule has 0 unspecified atom stereocenters. The van der Waals surface area contributed by atoms with Crippen molar-refractivity contribution in [2.45, 2.75) is 6.92 Å². The molecule has 0 saturated heterocycles. The van der Waals surface area contributed by atoms with Gasteiger partial charge in [-0.05, 0) is 48.5 Å². The predicted octanol–water partition coefficient (Wildman–Crippen LogP) is 2.26. The topological polar surface area (TPSA) is 88.7 Å². The second-order valence-electron chi connectivity index (χ2n) is 5.51. The molecule has 0 saturated carbocycles. The number of benzene rings is 2. The van der Waals surface area contributed by atoms with Crippen LogP contribution in [0.25, 0.3) is 0 Å². The molecule has 0 heterocycles. The third-order valence-corrected chi connectivity index (χ3v) is 3.38. The molecule has 0 radical (unpaired) electrons. The van der Waals surface area contributed by atoms with E-state index in [0.29, 0.717) is 24.5 Å². The molecule has 0 aromatic heterocycles. The zero-order valence-corrected chi connectivity index (χ0v) is 14.9. The number of carbonyl (C=O) groups is 2. The summed E-state index contributed by atoms with van der Waals surface area (Å²) in [5, 5.41) is 8.46. The van der Waals surface area contributed by atoms with E-state index in [1.807, 2.05) is 24.3 Å². The van der Waals surface area contributed by atoms with E-state index >= 15 is 0 Å². The number of amides is 2. The monoisotopic (exact) mass is 357 g/mol. The van der Waals surface area contributed by atoms with E-state index in [1.165, 1.54) is 6.92 Å². The summed E-state index contributed by atoms with van der Waals surface area (Å²) in [5.41, 5.74) is 1.35. The van der Waals surface area contributed by atoms with E-state index in [1.54, 1.807) is 31.4 Å². The van der Waals surface area contributed by atoms with E-state index in [2.05, 4.69) is 16.0 Å². The fraction of sp³-hybridized carbons (Fsp3) is 0.263. The van der Waals surface area contributed by atoms with Crippen molar-refractivity contribution >= 4 is 23.2 Å². The molecule has 0 bridgehead atoms. The highest BCUT2D eigenvalue weighted by atomic mass is 16.5. The summed E-state index contributed by atoms with van der Waals surface area (Å²) >= 11 is 0. The summed E-state index contributed by atoms with van der Waals surface area (Å²) in [4.78, 5) is 22.8. The SMILES string of the molecule is COc1ccc(OCCNCC(=O)Nc2ccc(NC(C)=O)cc2)cc1. The van der Waals surface area contributed by atoms with Gasteiger partial charge in [-0.15, -0.1) is 0 Å². The fourth-order valence-corrected chi connectivity index (χ4v) is 2.16. The molecule has 0 aliphatic carbocycles. The summed E-state index contributed by atoms with van der Waals surface area (Å²) in [7, 11) is 1.61. The van der Waals surface area contributed by atoms with Crippen LogP contribution < -0.4 is 25.4 Å². The highest BCUT2D eigenvalue weighted by Gasteiger charge is 2.03. The lowest BCUT2D eigenvalue weighted by atomic mass is 10.2. The maximum Gasteiger partial charge on any atom is 0.238 e. The van der Waals surface area contributed by atoms with Gasteiger partial charge >= 0.3 is 0 Å². The first-order valence-electron chi connectivity index (χ1n) is 8.22. The number of rotatable bonds is 9.